The molecule has 0 spiro atoms. The number of nitrogens with one attached hydrogen (secondary N) is 2. The summed E-state index contributed by atoms with van der Waals surface area (Å²) in [5.74, 6) is 0.762. The summed E-state index contributed by atoms with van der Waals surface area (Å²) in [5, 5.41) is 7.01. The number of methoxy groups -OCH3 is 1. The molecule has 2 aromatic carbocycles. The van der Waals surface area contributed by atoms with Crippen LogP contribution in [-0.2, 0) is 6.18 Å². The fourth-order valence-corrected chi connectivity index (χ4v) is 3.25. The molecule has 0 aliphatic carbocycles. The molecule has 0 saturated carbocycles. The summed E-state index contributed by atoms with van der Waals surface area (Å²) in [7, 11) is 1.59. The van der Waals surface area contributed by atoms with Crippen molar-refractivity contribution in [2.75, 3.05) is 17.7 Å². The molecule has 0 fully saturated rings. The van der Waals surface area contributed by atoms with E-state index >= 15 is 0 Å². The summed E-state index contributed by atoms with van der Waals surface area (Å²) in [6.07, 6.45) is -4.48. The number of carbonyl (C=O) groups excluding carboxylic acids is 1. The number of aryl methyl sites for hydroxylation is 1. The van der Waals surface area contributed by atoms with Crippen LogP contribution in [0.3, 0.4) is 0 Å². The number of hydrogen-bond donors (Lipinski definition) is 2. The number of aromatic nitrogens is 1. The van der Waals surface area contributed by atoms with Crippen molar-refractivity contribution in [3.05, 3.63) is 59.0 Å². The van der Waals surface area contributed by atoms with Crippen molar-refractivity contribution in [2.45, 2.75) is 13.1 Å². The molecular formula is C19H16F3N3O2S. The van der Waals surface area contributed by atoms with Crippen LogP contribution < -0.4 is 15.4 Å². The molecule has 146 valence electrons. The lowest BCUT2D eigenvalue weighted by molar-refractivity contribution is -0.137. The Morgan fingerprint density at radius 2 is 1.93 bits per heavy atom. The van der Waals surface area contributed by atoms with E-state index in [1.165, 1.54) is 23.5 Å². The lowest BCUT2D eigenvalue weighted by Gasteiger charge is -2.09. The van der Waals surface area contributed by atoms with Gasteiger partial charge in [-0.25, -0.2) is 9.78 Å². The van der Waals surface area contributed by atoms with Crippen LogP contribution in [0.5, 0.6) is 5.75 Å². The van der Waals surface area contributed by atoms with E-state index < -0.39 is 17.8 Å². The van der Waals surface area contributed by atoms with Crippen molar-refractivity contribution in [1.82, 2.24) is 4.98 Å². The Balaban J connectivity index is 1.68. The summed E-state index contributed by atoms with van der Waals surface area (Å²) in [4.78, 5) is 16.4. The van der Waals surface area contributed by atoms with Gasteiger partial charge < -0.3 is 10.1 Å². The maximum absolute atomic E-state index is 12.7. The number of nitrogens with zero attached hydrogens (tertiary/aromatic N) is 1. The van der Waals surface area contributed by atoms with Crippen LogP contribution >= 0.6 is 11.3 Å². The molecular weight excluding hydrogens is 391 g/mol. The lowest BCUT2D eigenvalue weighted by Crippen LogP contribution is -2.19. The molecule has 0 bridgehead atoms. The molecule has 1 aromatic heterocycles. The molecule has 9 heteroatoms. The van der Waals surface area contributed by atoms with E-state index in [1.807, 2.05) is 25.1 Å². The number of urea groups is 1. The minimum atomic E-state index is -4.48. The zero-order valence-corrected chi connectivity index (χ0v) is 15.7. The Labute approximate surface area is 163 Å². The van der Waals surface area contributed by atoms with Crippen LogP contribution in [0.2, 0.25) is 0 Å². The predicted molar refractivity (Wildman–Crippen MR) is 103 cm³/mol. The van der Waals surface area contributed by atoms with Gasteiger partial charge in [0.1, 0.15) is 5.75 Å². The number of carbonyl (C=O) groups is 1. The molecule has 0 saturated heterocycles. The first-order valence-electron chi connectivity index (χ1n) is 8.12. The fourth-order valence-electron chi connectivity index (χ4n) is 2.53. The molecule has 3 aromatic rings. The predicted octanol–water partition coefficient (Wildman–Crippen LogP) is 5.79. The monoisotopic (exact) mass is 407 g/mol. The van der Waals surface area contributed by atoms with E-state index in [0.29, 0.717) is 10.8 Å². The summed E-state index contributed by atoms with van der Waals surface area (Å²) in [6.45, 7) is 1.91. The van der Waals surface area contributed by atoms with Crippen LogP contribution in [0.15, 0.2) is 47.8 Å². The van der Waals surface area contributed by atoms with Gasteiger partial charge in [0.05, 0.1) is 18.4 Å². The maximum atomic E-state index is 12.7. The zero-order chi connectivity index (χ0) is 20.3. The number of hydrogen-bond acceptors (Lipinski definition) is 4. The Morgan fingerprint density at radius 1 is 1.14 bits per heavy atom. The molecule has 0 aliphatic rings. The van der Waals surface area contributed by atoms with Gasteiger partial charge in [-0.3, -0.25) is 5.32 Å². The third-order valence-electron chi connectivity index (χ3n) is 3.86. The Kier molecular flexibility index (Phi) is 5.55. The normalized spacial score (nSPS) is 11.2. The van der Waals surface area contributed by atoms with E-state index in [4.69, 9.17) is 4.74 Å². The van der Waals surface area contributed by atoms with Crippen LogP contribution in [0, 0.1) is 6.92 Å². The number of rotatable bonds is 4. The van der Waals surface area contributed by atoms with Gasteiger partial charge in [0.15, 0.2) is 5.13 Å². The first-order chi connectivity index (χ1) is 13.3. The minimum absolute atomic E-state index is 0.0369. The van der Waals surface area contributed by atoms with Crippen LogP contribution in [0.25, 0.3) is 11.3 Å². The average Bonchev–Trinajstić information content (AvgIpc) is 3.09. The molecule has 2 N–H and O–H groups in total. The topological polar surface area (TPSA) is 63.2 Å². The Morgan fingerprint density at radius 3 is 2.61 bits per heavy atom. The molecule has 0 atom stereocenters. The highest BCUT2D eigenvalue weighted by Gasteiger charge is 2.30. The van der Waals surface area contributed by atoms with Crippen molar-refractivity contribution < 1.29 is 22.7 Å². The first-order valence-corrected chi connectivity index (χ1v) is 9.00. The van der Waals surface area contributed by atoms with Gasteiger partial charge in [0.25, 0.3) is 0 Å². The van der Waals surface area contributed by atoms with Gasteiger partial charge >= 0.3 is 12.2 Å². The van der Waals surface area contributed by atoms with Crippen LogP contribution in [-0.4, -0.2) is 18.1 Å². The number of anilines is 2. The number of halogens is 3. The summed E-state index contributed by atoms with van der Waals surface area (Å²) >= 11 is 1.21. The number of thiazole rings is 1. The van der Waals surface area contributed by atoms with E-state index in [2.05, 4.69) is 15.6 Å². The lowest BCUT2D eigenvalue weighted by atomic mass is 10.1. The van der Waals surface area contributed by atoms with Crippen molar-refractivity contribution in [2.24, 2.45) is 0 Å². The standard InChI is InChI=1S/C19H16F3N3O2S/c1-11-8-12(6-7-16(11)27-2)15-10-28-18(24-15)25-17(26)23-14-5-3-4-13(9-14)19(20,21)22/h3-10H,1-2H3,(H2,23,24,25,26). The van der Waals surface area contributed by atoms with Gasteiger partial charge in [-0.1, -0.05) is 6.07 Å². The van der Waals surface area contributed by atoms with Gasteiger partial charge in [0.2, 0.25) is 0 Å². The molecule has 0 radical (unpaired) electrons. The SMILES string of the molecule is COc1ccc(-c2csc(NC(=O)Nc3cccc(C(F)(F)F)c3)n2)cc1C. The van der Waals surface area contributed by atoms with Crippen molar-refractivity contribution in [3.63, 3.8) is 0 Å². The zero-order valence-electron chi connectivity index (χ0n) is 14.9. The number of ether oxygens (including phenoxy) is 1. The second-order valence-electron chi connectivity index (χ2n) is 5.88. The number of benzene rings is 2. The van der Waals surface area contributed by atoms with Crippen molar-refractivity contribution in [3.8, 4) is 17.0 Å². The highest BCUT2D eigenvalue weighted by Crippen LogP contribution is 2.31. The van der Waals surface area contributed by atoms with Gasteiger partial charge in [0, 0.05) is 16.6 Å². The molecule has 2 amide bonds. The van der Waals surface area contributed by atoms with E-state index in [1.54, 1.807) is 12.5 Å². The average molecular weight is 407 g/mol. The Hall–Kier alpha value is -3.07. The second kappa shape index (κ2) is 7.89. The van der Waals surface area contributed by atoms with Crippen LogP contribution in [0.1, 0.15) is 11.1 Å². The second-order valence-corrected chi connectivity index (χ2v) is 6.74. The summed E-state index contributed by atoms with van der Waals surface area (Å²) < 4.78 is 43.5. The quantitative estimate of drug-likeness (QED) is 0.575. The Bertz CT molecular complexity index is 1000. The van der Waals surface area contributed by atoms with Gasteiger partial charge in [-0.15, -0.1) is 11.3 Å². The van der Waals surface area contributed by atoms with E-state index in [9.17, 15) is 18.0 Å². The van der Waals surface area contributed by atoms with Crippen molar-refractivity contribution in [1.29, 1.82) is 0 Å². The smallest absolute Gasteiger partial charge is 0.416 e. The molecule has 5 nitrogen and oxygen atoms in total. The fraction of sp³-hybridized carbons (Fsp3) is 0.158. The first kappa shape index (κ1) is 19.7. The number of amides is 2. The molecule has 3 rings (SSSR count). The largest absolute Gasteiger partial charge is 0.496 e. The number of alkyl halides is 3. The van der Waals surface area contributed by atoms with Crippen molar-refractivity contribution >= 4 is 28.2 Å². The molecule has 0 unspecified atom stereocenters. The minimum Gasteiger partial charge on any atom is -0.496 e. The van der Waals surface area contributed by atoms with Crippen LogP contribution in [0.4, 0.5) is 28.8 Å². The molecule has 0 aliphatic heterocycles. The highest BCUT2D eigenvalue weighted by atomic mass is 32.1. The summed E-state index contributed by atoms with van der Waals surface area (Å²) in [5.41, 5.74) is 1.68. The molecule has 28 heavy (non-hydrogen) atoms. The maximum Gasteiger partial charge on any atom is 0.416 e. The molecule has 1 heterocycles. The van der Waals surface area contributed by atoms with Gasteiger partial charge in [-0.2, -0.15) is 13.2 Å². The third kappa shape index (κ3) is 4.61. The van der Waals surface area contributed by atoms with E-state index in [0.717, 1.165) is 29.0 Å². The van der Waals surface area contributed by atoms with E-state index in [-0.39, 0.29) is 5.69 Å². The highest BCUT2D eigenvalue weighted by molar-refractivity contribution is 7.14. The third-order valence-corrected chi connectivity index (χ3v) is 4.62. The van der Waals surface area contributed by atoms with Gasteiger partial charge in [-0.05, 0) is 48.9 Å². The summed E-state index contributed by atoms with van der Waals surface area (Å²) in [6, 6.07) is 9.34.